The van der Waals surface area contributed by atoms with E-state index < -0.39 is 11.6 Å². The fraction of sp³-hybridized carbons (Fsp3) is 0.100. The normalized spacial score (nSPS) is 10.1. The zero-order chi connectivity index (χ0) is 11.7. The van der Waals surface area contributed by atoms with E-state index in [2.05, 4.69) is 10.1 Å². The minimum absolute atomic E-state index is 0.0297. The molecule has 0 saturated carbocycles. The summed E-state index contributed by atoms with van der Waals surface area (Å²) in [7, 11) is 0. The smallest absolute Gasteiger partial charge is 0.150 e. The van der Waals surface area contributed by atoms with E-state index in [0.717, 1.165) is 10.7 Å². The molecule has 0 spiro atoms. The van der Waals surface area contributed by atoms with Crippen molar-refractivity contribution in [2.75, 3.05) is 0 Å². The van der Waals surface area contributed by atoms with E-state index >= 15 is 0 Å². The summed E-state index contributed by atoms with van der Waals surface area (Å²) in [6.45, 7) is 1.39. The summed E-state index contributed by atoms with van der Waals surface area (Å²) in [4.78, 5) is 3.65. The van der Waals surface area contributed by atoms with Gasteiger partial charge in [0.15, 0.2) is 5.82 Å². The molecule has 0 bridgehead atoms. The molecule has 0 unspecified atom stereocenters. The first-order valence-corrected chi connectivity index (χ1v) is 4.39. The van der Waals surface area contributed by atoms with Crippen LogP contribution in [0.15, 0.2) is 18.7 Å². The van der Waals surface area contributed by atoms with Crippen molar-refractivity contribution in [3.63, 3.8) is 0 Å². The Kier molecular flexibility index (Phi) is 2.37. The van der Waals surface area contributed by atoms with E-state index in [9.17, 15) is 8.78 Å². The summed E-state index contributed by atoms with van der Waals surface area (Å²) >= 11 is 0. The summed E-state index contributed by atoms with van der Waals surface area (Å²) in [6.07, 6.45) is 2.48. The fourth-order valence-electron chi connectivity index (χ4n) is 1.43. The summed E-state index contributed by atoms with van der Waals surface area (Å²) in [6, 6.07) is 2.44. The van der Waals surface area contributed by atoms with E-state index in [4.69, 9.17) is 5.26 Å². The van der Waals surface area contributed by atoms with Crippen molar-refractivity contribution in [2.24, 2.45) is 0 Å². The molecule has 0 amide bonds. The maximum atomic E-state index is 13.6. The van der Waals surface area contributed by atoms with Crippen LogP contribution in [0.25, 0.3) is 5.69 Å². The Morgan fingerprint density at radius 3 is 2.75 bits per heavy atom. The van der Waals surface area contributed by atoms with Crippen molar-refractivity contribution in [3.05, 3.63) is 41.5 Å². The third-order valence-electron chi connectivity index (χ3n) is 2.19. The predicted molar refractivity (Wildman–Crippen MR) is 50.7 cm³/mol. The van der Waals surface area contributed by atoms with Gasteiger partial charge in [0.25, 0.3) is 0 Å². The molecule has 6 heteroatoms. The average Bonchev–Trinajstić information content (AvgIpc) is 2.77. The van der Waals surface area contributed by atoms with Gasteiger partial charge in [0.1, 0.15) is 30.2 Å². The van der Waals surface area contributed by atoms with Gasteiger partial charge in [-0.2, -0.15) is 10.4 Å². The molecule has 0 atom stereocenters. The molecule has 1 aromatic carbocycles. The molecule has 0 radical (unpaired) electrons. The molecule has 1 heterocycles. The van der Waals surface area contributed by atoms with Crippen molar-refractivity contribution in [3.8, 4) is 11.8 Å². The van der Waals surface area contributed by atoms with Gasteiger partial charge in [-0.15, -0.1) is 0 Å². The van der Waals surface area contributed by atoms with Gasteiger partial charge in [-0.1, -0.05) is 0 Å². The van der Waals surface area contributed by atoms with Crippen LogP contribution in [0.1, 0.15) is 11.1 Å². The highest BCUT2D eigenvalue weighted by molar-refractivity contribution is 5.48. The van der Waals surface area contributed by atoms with Crippen molar-refractivity contribution in [1.82, 2.24) is 14.8 Å². The summed E-state index contributed by atoms with van der Waals surface area (Å²) in [5.41, 5.74) is -0.324. The van der Waals surface area contributed by atoms with Gasteiger partial charge in [-0.3, -0.25) is 0 Å². The standard InChI is InChI=1S/C10H6F2N4/c1-6-9(12)7(3-13)2-8(11)10(6)16-5-14-4-15-16/h2,4-5H,1H3. The van der Waals surface area contributed by atoms with Gasteiger partial charge in [0, 0.05) is 5.56 Å². The molecule has 0 N–H and O–H groups in total. The highest BCUT2D eigenvalue weighted by Crippen LogP contribution is 2.22. The first-order valence-electron chi connectivity index (χ1n) is 4.39. The maximum absolute atomic E-state index is 13.6. The van der Waals surface area contributed by atoms with Gasteiger partial charge < -0.3 is 0 Å². The topological polar surface area (TPSA) is 54.5 Å². The van der Waals surface area contributed by atoms with Crippen molar-refractivity contribution >= 4 is 0 Å². The molecule has 0 aliphatic rings. The predicted octanol–water partition coefficient (Wildman–Crippen LogP) is 1.73. The average molecular weight is 220 g/mol. The summed E-state index contributed by atoms with van der Waals surface area (Å²) in [5.74, 6) is -1.45. The second-order valence-electron chi connectivity index (χ2n) is 3.15. The SMILES string of the molecule is Cc1c(F)c(C#N)cc(F)c1-n1cncn1. The number of benzene rings is 1. The zero-order valence-corrected chi connectivity index (χ0v) is 8.28. The highest BCUT2D eigenvalue weighted by atomic mass is 19.1. The van der Waals surface area contributed by atoms with Crippen LogP contribution in [-0.4, -0.2) is 14.8 Å². The molecule has 1 aromatic heterocycles. The van der Waals surface area contributed by atoms with Gasteiger partial charge in [0.05, 0.1) is 5.56 Å². The number of hydrogen-bond acceptors (Lipinski definition) is 3. The number of rotatable bonds is 1. The van der Waals surface area contributed by atoms with Crippen LogP contribution in [0.3, 0.4) is 0 Å². The lowest BCUT2D eigenvalue weighted by atomic mass is 10.1. The third kappa shape index (κ3) is 1.42. The Morgan fingerprint density at radius 2 is 2.19 bits per heavy atom. The molecule has 2 aromatic rings. The third-order valence-corrected chi connectivity index (χ3v) is 2.19. The Bertz CT molecular complexity index is 569. The minimum Gasteiger partial charge on any atom is -0.223 e. The Labute approximate surface area is 89.8 Å². The van der Waals surface area contributed by atoms with Gasteiger partial charge >= 0.3 is 0 Å². The Balaban J connectivity index is 2.74. The summed E-state index contributed by atoms with van der Waals surface area (Å²) in [5, 5.41) is 12.3. The molecule has 80 valence electrons. The quantitative estimate of drug-likeness (QED) is 0.735. The lowest BCUT2D eigenvalue weighted by Gasteiger charge is -2.08. The Morgan fingerprint density at radius 1 is 1.44 bits per heavy atom. The van der Waals surface area contributed by atoms with Crippen LogP contribution < -0.4 is 0 Å². The molecular weight excluding hydrogens is 214 g/mol. The molecule has 0 aliphatic carbocycles. The lowest BCUT2D eigenvalue weighted by molar-refractivity contribution is 0.576. The zero-order valence-electron chi connectivity index (χ0n) is 8.28. The first kappa shape index (κ1) is 10.2. The molecule has 0 saturated heterocycles. The Hall–Kier alpha value is -2.29. The van der Waals surface area contributed by atoms with Crippen LogP contribution in [0, 0.1) is 29.9 Å². The second kappa shape index (κ2) is 3.70. The molecule has 2 rings (SSSR count). The van der Waals surface area contributed by atoms with Crippen LogP contribution in [0.2, 0.25) is 0 Å². The second-order valence-corrected chi connectivity index (χ2v) is 3.15. The van der Waals surface area contributed by atoms with Gasteiger partial charge in [-0.05, 0) is 13.0 Å². The summed E-state index contributed by atoms with van der Waals surface area (Å²) < 4.78 is 28.3. The largest absolute Gasteiger partial charge is 0.223 e. The molecular formula is C10H6F2N4. The van der Waals surface area contributed by atoms with Crippen LogP contribution in [-0.2, 0) is 0 Å². The van der Waals surface area contributed by atoms with Crippen molar-refractivity contribution < 1.29 is 8.78 Å². The molecule has 0 aliphatic heterocycles. The number of nitrogens with zero attached hydrogens (tertiary/aromatic N) is 4. The number of halogens is 2. The van der Waals surface area contributed by atoms with Gasteiger partial charge in [0.2, 0.25) is 0 Å². The van der Waals surface area contributed by atoms with Crippen LogP contribution in [0.4, 0.5) is 8.78 Å². The van der Waals surface area contributed by atoms with Gasteiger partial charge in [-0.25, -0.2) is 18.4 Å². The van der Waals surface area contributed by atoms with E-state index in [1.807, 2.05) is 0 Å². The number of aromatic nitrogens is 3. The van der Waals surface area contributed by atoms with E-state index in [1.54, 1.807) is 6.07 Å². The fourth-order valence-corrected chi connectivity index (χ4v) is 1.43. The number of nitriles is 1. The van der Waals surface area contributed by atoms with Crippen LogP contribution >= 0.6 is 0 Å². The van der Waals surface area contributed by atoms with Crippen molar-refractivity contribution in [2.45, 2.75) is 6.92 Å². The lowest BCUT2D eigenvalue weighted by Crippen LogP contribution is -2.05. The van der Waals surface area contributed by atoms with E-state index in [0.29, 0.717) is 0 Å². The minimum atomic E-state index is -0.741. The molecule has 4 nitrogen and oxygen atoms in total. The van der Waals surface area contributed by atoms with Crippen LogP contribution in [0.5, 0.6) is 0 Å². The maximum Gasteiger partial charge on any atom is 0.150 e. The highest BCUT2D eigenvalue weighted by Gasteiger charge is 2.17. The molecule has 16 heavy (non-hydrogen) atoms. The van der Waals surface area contributed by atoms with E-state index in [1.165, 1.54) is 19.6 Å². The van der Waals surface area contributed by atoms with Crippen molar-refractivity contribution in [1.29, 1.82) is 5.26 Å². The molecule has 0 fully saturated rings. The monoisotopic (exact) mass is 220 g/mol. The number of hydrogen-bond donors (Lipinski definition) is 0. The first-order chi connectivity index (χ1) is 7.65. The van der Waals surface area contributed by atoms with E-state index in [-0.39, 0.29) is 16.8 Å².